The molecule has 2 fully saturated rings. The van der Waals surface area contributed by atoms with E-state index in [4.69, 9.17) is 46.4 Å². The van der Waals surface area contributed by atoms with Gasteiger partial charge in [0, 0.05) is 0 Å². The second-order valence-electron chi connectivity index (χ2n) is 7.63. The standard InChI is InChI=1S/C14H18Br4Cl4/c1-11(2)5(7(11)9(15)13(17,19)20)6-8(12(6,3)4)10(16)14(18,21)22/h5-10H,1-4H3/t5-,6?,7?,8+,9?,10+/m0/s1. The smallest absolute Gasteiger partial charge is 0.0875 e. The third kappa shape index (κ3) is 3.71. The van der Waals surface area contributed by atoms with Crippen molar-refractivity contribution in [3.8, 4) is 0 Å². The lowest BCUT2D eigenvalue weighted by molar-refractivity contribution is 0.447. The van der Waals surface area contributed by atoms with Gasteiger partial charge in [0.1, 0.15) is 0 Å². The predicted octanol–water partition coefficient (Wildman–Crippen LogP) is 8.11. The highest BCUT2D eigenvalue weighted by molar-refractivity contribution is 9.13. The zero-order valence-electron chi connectivity index (χ0n) is 12.5. The molecule has 0 saturated heterocycles. The van der Waals surface area contributed by atoms with Gasteiger partial charge < -0.3 is 0 Å². The van der Waals surface area contributed by atoms with Gasteiger partial charge in [-0.05, 0) is 66.4 Å². The molecule has 3 unspecified atom stereocenters. The first-order valence-electron chi connectivity index (χ1n) is 6.97. The van der Waals surface area contributed by atoms with Crippen LogP contribution < -0.4 is 0 Å². The Hall–Kier alpha value is 3.08. The van der Waals surface area contributed by atoms with Crippen molar-refractivity contribution in [2.45, 2.75) is 43.8 Å². The lowest BCUT2D eigenvalue weighted by atomic mass is 10.0. The van der Waals surface area contributed by atoms with E-state index in [1.165, 1.54) is 0 Å². The van der Waals surface area contributed by atoms with Crippen LogP contribution in [0.1, 0.15) is 27.7 Å². The first-order chi connectivity index (χ1) is 9.55. The van der Waals surface area contributed by atoms with Crippen molar-refractivity contribution < 1.29 is 0 Å². The number of halogens is 8. The second-order valence-corrected chi connectivity index (χ2v) is 16.7. The Bertz CT molecular complexity index is 413. The van der Waals surface area contributed by atoms with Crippen molar-refractivity contribution in [1.82, 2.24) is 0 Å². The summed E-state index contributed by atoms with van der Waals surface area (Å²) in [6.07, 6.45) is 0. The maximum Gasteiger partial charge on any atom is 0.184 e. The maximum absolute atomic E-state index is 6.26. The Kier molecular flexibility index (Phi) is 6.13. The molecule has 2 rings (SSSR count). The van der Waals surface area contributed by atoms with Crippen LogP contribution in [0.2, 0.25) is 0 Å². The van der Waals surface area contributed by atoms with Gasteiger partial charge in [0.2, 0.25) is 0 Å². The van der Waals surface area contributed by atoms with E-state index in [2.05, 4.69) is 91.4 Å². The Labute approximate surface area is 186 Å². The minimum atomic E-state index is -0.968. The molecule has 0 bridgehead atoms. The molecular weight excluding hydrogens is 630 g/mol. The molecule has 0 spiro atoms. The summed E-state index contributed by atoms with van der Waals surface area (Å²) in [5.74, 6) is 1.83. The molecule has 0 aromatic rings. The summed E-state index contributed by atoms with van der Waals surface area (Å²) in [5, 5.41) is 0. The van der Waals surface area contributed by atoms with Crippen LogP contribution in [-0.2, 0) is 0 Å². The summed E-state index contributed by atoms with van der Waals surface area (Å²) >= 11 is 39.1. The van der Waals surface area contributed by atoms with Crippen molar-refractivity contribution in [2.75, 3.05) is 0 Å². The molecule has 0 aliphatic heterocycles. The molecule has 0 N–H and O–H groups in total. The zero-order chi connectivity index (χ0) is 17.5. The molecule has 22 heavy (non-hydrogen) atoms. The molecule has 2 aliphatic rings. The monoisotopic (exact) mass is 642 g/mol. The van der Waals surface area contributed by atoms with E-state index >= 15 is 0 Å². The first-order valence-corrected chi connectivity index (χ1v) is 11.9. The van der Waals surface area contributed by atoms with Crippen LogP contribution >= 0.6 is 110 Å². The summed E-state index contributed by atoms with van der Waals surface area (Å²) in [6.45, 7) is 9.11. The van der Waals surface area contributed by atoms with Crippen molar-refractivity contribution in [3.05, 3.63) is 0 Å². The highest BCUT2D eigenvalue weighted by atomic mass is 79.9. The Balaban J connectivity index is 2.20. The average Bonchev–Trinajstić information content (AvgIpc) is 3.03. The van der Waals surface area contributed by atoms with Gasteiger partial charge >= 0.3 is 0 Å². The Morgan fingerprint density at radius 3 is 1.14 bits per heavy atom. The Morgan fingerprint density at radius 1 is 0.727 bits per heavy atom. The van der Waals surface area contributed by atoms with Gasteiger partial charge in [0.05, 0.1) is 9.65 Å². The molecule has 130 valence electrons. The minimum absolute atomic E-state index is 0.0186. The van der Waals surface area contributed by atoms with Crippen LogP contribution in [0.25, 0.3) is 0 Å². The van der Waals surface area contributed by atoms with Gasteiger partial charge in [-0.3, -0.25) is 0 Å². The van der Waals surface area contributed by atoms with Crippen LogP contribution in [0.15, 0.2) is 0 Å². The van der Waals surface area contributed by atoms with E-state index in [-0.39, 0.29) is 20.5 Å². The molecule has 0 nitrogen and oxygen atoms in total. The van der Waals surface area contributed by atoms with E-state index < -0.39 is 6.49 Å². The van der Waals surface area contributed by atoms with Crippen molar-refractivity contribution in [3.63, 3.8) is 0 Å². The fourth-order valence-corrected chi connectivity index (χ4v) is 7.47. The van der Waals surface area contributed by atoms with Crippen molar-refractivity contribution in [2.24, 2.45) is 34.5 Å². The number of hydrogen-bond donors (Lipinski definition) is 0. The molecule has 0 aromatic heterocycles. The van der Waals surface area contributed by atoms with Crippen LogP contribution in [-0.4, -0.2) is 16.1 Å². The SMILES string of the molecule is CC1(C)C(C(Br)C(Cl)(Cl)Br)[C@@H]1C1[C@H]([C@@H](Br)C(Cl)(Cl)Br)C1(C)C. The Morgan fingerprint density at radius 2 is 0.955 bits per heavy atom. The highest BCUT2D eigenvalue weighted by Crippen LogP contribution is 2.79. The van der Waals surface area contributed by atoms with Gasteiger partial charge in [-0.25, -0.2) is 0 Å². The molecule has 2 aliphatic carbocycles. The molecule has 8 heteroatoms. The van der Waals surface area contributed by atoms with Crippen LogP contribution in [0.3, 0.4) is 0 Å². The predicted molar refractivity (Wildman–Crippen MR) is 114 cm³/mol. The number of rotatable bonds is 5. The first kappa shape index (κ1) is 21.4. The van der Waals surface area contributed by atoms with Gasteiger partial charge in [-0.15, -0.1) is 0 Å². The summed E-state index contributed by atoms with van der Waals surface area (Å²) in [4.78, 5) is -0.0372. The molecule has 2 saturated carbocycles. The van der Waals surface area contributed by atoms with E-state index in [1.54, 1.807) is 0 Å². The number of alkyl halides is 8. The fraction of sp³-hybridized carbons (Fsp3) is 1.00. The summed E-state index contributed by atoms with van der Waals surface area (Å²) in [7, 11) is 0. The lowest BCUT2D eigenvalue weighted by Gasteiger charge is -2.20. The van der Waals surface area contributed by atoms with Crippen molar-refractivity contribution >= 4 is 110 Å². The average molecular weight is 648 g/mol. The summed E-state index contributed by atoms with van der Waals surface area (Å²) < 4.78 is -1.94. The van der Waals surface area contributed by atoms with E-state index in [0.29, 0.717) is 23.7 Å². The molecule has 0 amide bonds. The third-order valence-electron chi connectivity index (χ3n) is 5.63. The van der Waals surface area contributed by atoms with Crippen molar-refractivity contribution in [1.29, 1.82) is 0 Å². The van der Waals surface area contributed by atoms with Crippen LogP contribution in [0.4, 0.5) is 0 Å². The topological polar surface area (TPSA) is 0 Å². The van der Waals surface area contributed by atoms with Gasteiger partial charge in [0.15, 0.2) is 6.49 Å². The molecule has 6 atom stereocenters. The summed E-state index contributed by atoms with van der Waals surface area (Å²) in [5.41, 5.74) is 0.349. The molecule has 0 aromatic carbocycles. The van der Waals surface area contributed by atoms with Gasteiger partial charge in [0.25, 0.3) is 0 Å². The molecule has 0 heterocycles. The lowest BCUT2D eigenvalue weighted by Crippen LogP contribution is -2.24. The van der Waals surface area contributed by atoms with E-state index in [0.717, 1.165) is 0 Å². The minimum Gasteiger partial charge on any atom is -0.0875 e. The number of hydrogen-bond acceptors (Lipinski definition) is 0. The van der Waals surface area contributed by atoms with Gasteiger partial charge in [-0.1, -0.05) is 106 Å². The summed E-state index contributed by atoms with van der Waals surface area (Å²) in [6, 6.07) is 0. The highest BCUT2D eigenvalue weighted by Gasteiger charge is 2.77. The van der Waals surface area contributed by atoms with Crippen LogP contribution in [0, 0.1) is 34.5 Å². The third-order valence-corrected chi connectivity index (χ3v) is 12.4. The van der Waals surface area contributed by atoms with E-state index in [1.807, 2.05) is 0 Å². The molecular formula is C14H18Br4Cl4. The second kappa shape index (κ2) is 6.31. The molecule has 0 radical (unpaired) electrons. The van der Waals surface area contributed by atoms with E-state index in [9.17, 15) is 0 Å². The maximum atomic E-state index is 6.26. The normalized spacial score (nSPS) is 39.3. The quantitative estimate of drug-likeness (QED) is 0.265. The fourth-order valence-electron chi connectivity index (χ4n) is 4.33. The zero-order valence-corrected chi connectivity index (χ0v) is 21.9. The van der Waals surface area contributed by atoms with Crippen LogP contribution in [0.5, 0.6) is 0 Å². The largest absolute Gasteiger partial charge is 0.184 e. The van der Waals surface area contributed by atoms with Gasteiger partial charge in [-0.2, -0.15) is 0 Å².